The molecule has 6 nitrogen and oxygen atoms in total. The van der Waals surface area contributed by atoms with Crippen LogP contribution in [-0.4, -0.2) is 28.9 Å². The van der Waals surface area contributed by atoms with Crippen LogP contribution in [0.25, 0.3) is 0 Å². The van der Waals surface area contributed by atoms with Gasteiger partial charge in [0, 0.05) is 10.9 Å². The van der Waals surface area contributed by atoms with Gasteiger partial charge in [-0.25, -0.2) is 4.79 Å². The van der Waals surface area contributed by atoms with Crippen molar-refractivity contribution in [2.24, 2.45) is 5.73 Å². The molecular formula is C13H15BrN2O4. The number of carboxylic acid groups (broad SMARTS) is 1. The fraction of sp³-hybridized carbons (Fsp3) is 0.308. The normalized spacial score (nSPS) is 11.7. The molecule has 0 aliphatic carbocycles. The fourth-order valence-corrected chi connectivity index (χ4v) is 2.05. The smallest absolute Gasteiger partial charge is 0.326 e. The zero-order valence-electron chi connectivity index (χ0n) is 10.9. The molecule has 0 fully saturated rings. The molecule has 0 aliphatic rings. The Hall–Kier alpha value is -1.89. The second-order valence-electron chi connectivity index (χ2n) is 4.31. The Morgan fingerprint density at radius 3 is 2.60 bits per heavy atom. The molecule has 1 aromatic carbocycles. The molecule has 0 saturated carbocycles. The van der Waals surface area contributed by atoms with Crippen LogP contribution in [0.15, 0.2) is 22.7 Å². The summed E-state index contributed by atoms with van der Waals surface area (Å²) in [7, 11) is 0. The number of hydrogen-bond acceptors (Lipinski definition) is 3. The number of rotatable bonds is 6. The van der Waals surface area contributed by atoms with Crippen LogP contribution in [0.3, 0.4) is 0 Å². The van der Waals surface area contributed by atoms with E-state index < -0.39 is 23.8 Å². The van der Waals surface area contributed by atoms with Crippen molar-refractivity contribution in [1.29, 1.82) is 0 Å². The van der Waals surface area contributed by atoms with Crippen molar-refractivity contribution < 1.29 is 19.5 Å². The summed E-state index contributed by atoms with van der Waals surface area (Å²) in [6, 6.07) is 3.96. The van der Waals surface area contributed by atoms with Crippen LogP contribution >= 0.6 is 15.9 Å². The number of carbonyl (C=O) groups is 3. The molecule has 20 heavy (non-hydrogen) atoms. The van der Waals surface area contributed by atoms with E-state index in [1.807, 2.05) is 13.0 Å². The third-order valence-electron chi connectivity index (χ3n) is 2.72. The lowest BCUT2D eigenvalue weighted by Gasteiger charge is -2.15. The molecular weight excluding hydrogens is 328 g/mol. The summed E-state index contributed by atoms with van der Waals surface area (Å²) in [5, 5.41) is 11.4. The number of primary amides is 1. The van der Waals surface area contributed by atoms with Crippen LogP contribution < -0.4 is 11.1 Å². The summed E-state index contributed by atoms with van der Waals surface area (Å²) in [5.41, 5.74) is 6.18. The molecule has 0 aliphatic heterocycles. The Labute approximate surface area is 124 Å². The Morgan fingerprint density at radius 2 is 2.05 bits per heavy atom. The number of aryl methyl sites for hydroxylation is 1. The van der Waals surface area contributed by atoms with E-state index >= 15 is 0 Å². The topological polar surface area (TPSA) is 109 Å². The van der Waals surface area contributed by atoms with Gasteiger partial charge in [-0.15, -0.1) is 0 Å². The fourth-order valence-electron chi connectivity index (χ4n) is 1.60. The van der Waals surface area contributed by atoms with E-state index in [1.165, 1.54) is 0 Å². The average Bonchev–Trinajstić information content (AvgIpc) is 2.36. The third-order valence-corrected chi connectivity index (χ3v) is 3.77. The average molecular weight is 343 g/mol. The maximum Gasteiger partial charge on any atom is 0.326 e. The summed E-state index contributed by atoms with van der Waals surface area (Å²) in [5.74, 6) is -2.33. The van der Waals surface area contributed by atoms with E-state index in [0.29, 0.717) is 10.0 Å². The van der Waals surface area contributed by atoms with Crippen molar-refractivity contribution >= 4 is 33.7 Å². The first-order valence-corrected chi connectivity index (χ1v) is 6.69. The van der Waals surface area contributed by atoms with Crippen LogP contribution in [0.5, 0.6) is 0 Å². The van der Waals surface area contributed by atoms with E-state index in [4.69, 9.17) is 10.8 Å². The van der Waals surface area contributed by atoms with Gasteiger partial charge in [-0.05, 0) is 40.9 Å². The molecule has 0 aromatic heterocycles. The van der Waals surface area contributed by atoms with Crippen molar-refractivity contribution in [1.82, 2.24) is 5.32 Å². The third kappa shape index (κ3) is 4.34. The zero-order chi connectivity index (χ0) is 15.3. The zero-order valence-corrected chi connectivity index (χ0v) is 12.4. The number of benzene rings is 1. The second-order valence-corrected chi connectivity index (χ2v) is 5.10. The number of hydrogen-bond donors (Lipinski definition) is 3. The number of aliphatic carboxylic acids is 1. The quantitative estimate of drug-likeness (QED) is 0.721. The summed E-state index contributed by atoms with van der Waals surface area (Å²) in [4.78, 5) is 33.8. The number of halogens is 1. The number of nitrogens with one attached hydrogen (secondary N) is 1. The number of carbonyl (C=O) groups excluding carboxylic acids is 2. The molecule has 1 aromatic rings. The largest absolute Gasteiger partial charge is 0.480 e. The van der Waals surface area contributed by atoms with Crippen molar-refractivity contribution in [3.8, 4) is 0 Å². The molecule has 4 N–H and O–H groups in total. The van der Waals surface area contributed by atoms with Crippen molar-refractivity contribution in [3.05, 3.63) is 33.8 Å². The van der Waals surface area contributed by atoms with E-state index in [1.54, 1.807) is 12.1 Å². The van der Waals surface area contributed by atoms with Gasteiger partial charge in [0.05, 0.1) is 5.56 Å². The first kappa shape index (κ1) is 16.2. The van der Waals surface area contributed by atoms with Crippen molar-refractivity contribution in [3.63, 3.8) is 0 Å². The molecule has 1 atom stereocenters. The Kier molecular flexibility index (Phi) is 5.69. The standard InChI is InChI=1S/C13H15BrN2O4/c1-7-3-2-4-8(11(7)14)12(18)16-9(13(19)20)5-6-10(15)17/h2-4,9H,5-6H2,1H3,(H2,15,17)(H,16,18)(H,19,20)/t9-/m1/s1. The molecule has 108 valence electrons. The van der Waals surface area contributed by atoms with Gasteiger partial charge >= 0.3 is 5.97 Å². The minimum absolute atomic E-state index is 0.0418. The lowest BCUT2D eigenvalue weighted by molar-refractivity contribution is -0.139. The summed E-state index contributed by atoms with van der Waals surface area (Å²) in [6.45, 7) is 1.82. The van der Waals surface area contributed by atoms with E-state index in [0.717, 1.165) is 5.56 Å². The van der Waals surface area contributed by atoms with Crippen LogP contribution in [-0.2, 0) is 9.59 Å². The van der Waals surface area contributed by atoms with E-state index in [2.05, 4.69) is 21.2 Å². The second kappa shape index (κ2) is 7.04. The molecule has 0 spiro atoms. The van der Waals surface area contributed by atoms with Gasteiger partial charge < -0.3 is 16.2 Å². The molecule has 1 rings (SSSR count). The van der Waals surface area contributed by atoms with Crippen LogP contribution in [0, 0.1) is 6.92 Å². The van der Waals surface area contributed by atoms with Crippen molar-refractivity contribution in [2.45, 2.75) is 25.8 Å². The minimum atomic E-state index is -1.21. The Balaban J connectivity index is 2.83. The predicted octanol–water partition coefficient (Wildman–Crippen LogP) is 1.21. The molecule has 0 bridgehead atoms. The minimum Gasteiger partial charge on any atom is -0.480 e. The van der Waals surface area contributed by atoms with Gasteiger partial charge in [0.2, 0.25) is 5.91 Å². The van der Waals surface area contributed by atoms with E-state index in [-0.39, 0.29) is 12.8 Å². The lowest BCUT2D eigenvalue weighted by atomic mass is 10.1. The molecule has 7 heteroatoms. The maximum absolute atomic E-state index is 12.1. The van der Waals surface area contributed by atoms with Gasteiger partial charge in [0.15, 0.2) is 0 Å². The number of amides is 2. The van der Waals surface area contributed by atoms with Crippen LogP contribution in [0.2, 0.25) is 0 Å². The maximum atomic E-state index is 12.1. The lowest BCUT2D eigenvalue weighted by Crippen LogP contribution is -2.41. The van der Waals surface area contributed by atoms with Crippen LogP contribution in [0.1, 0.15) is 28.8 Å². The Bertz CT molecular complexity index is 545. The SMILES string of the molecule is Cc1cccc(C(=O)N[C@H](CCC(N)=O)C(=O)O)c1Br. The van der Waals surface area contributed by atoms with Gasteiger partial charge in [-0.3, -0.25) is 9.59 Å². The summed E-state index contributed by atoms with van der Waals surface area (Å²) in [6.07, 6.45) is -0.147. The summed E-state index contributed by atoms with van der Waals surface area (Å²) < 4.78 is 0.608. The highest BCUT2D eigenvalue weighted by Gasteiger charge is 2.22. The first-order chi connectivity index (χ1) is 9.32. The van der Waals surface area contributed by atoms with Gasteiger partial charge in [0.25, 0.3) is 5.91 Å². The van der Waals surface area contributed by atoms with E-state index in [9.17, 15) is 14.4 Å². The molecule has 2 amide bonds. The van der Waals surface area contributed by atoms with Gasteiger partial charge in [-0.2, -0.15) is 0 Å². The highest BCUT2D eigenvalue weighted by atomic mass is 79.9. The van der Waals surface area contributed by atoms with Crippen molar-refractivity contribution in [2.75, 3.05) is 0 Å². The molecule has 0 radical (unpaired) electrons. The molecule has 0 unspecified atom stereocenters. The Morgan fingerprint density at radius 1 is 1.40 bits per heavy atom. The predicted molar refractivity (Wildman–Crippen MR) is 76.2 cm³/mol. The molecule has 0 saturated heterocycles. The number of carboxylic acids is 1. The van der Waals surface area contributed by atoms with Gasteiger partial charge in [-0.1, -0.05) is 12.1 Å². The monoisotopic (exact) mass is 342 g/mol. The van der Waals surface area contributed by atoms with Crippen LogP contribution in [0.4, 0.5) is 0 Å². The van der Waals surface area contributed by atoms with Gasteiger partial charge in [0.1, 0.15) is 6.04 Å². The molecule has 0 heterocycles. The highest BCUT2D eigenvalue weighted by molar-refractivity contribution is 9.10. The number of nitrogens with two attached hydrogens (primary N) is 1. The first-order valence-electron chi connectivity index (χ1n) is 5.90. The highest BCUT2D eigenvalue weighted by Crippen LogP contribution is 2.21. The summed E-state index contributed by atoms with van der Waals surface area (Å²) >= 11 is 3.29.